The molecule has 1 aromatic rings. The fraction of sp³-hybridized carbons (Fsp3) is 0.562. The first-order valence-corrected chi connectivity index (χ1v) is 7.54. The minimum atomic E-state index is -0.203. The maximum atomic E-state index is 12.9. The Morgan fingerprint density at radius 3 is 2.38 bits per heavy atom. The van der Waals surface area contributed by atoms with Crippen LogP contribution in [-0.2, 0) is 6.54 Å². The summed E-state index contributed by atoms with van der Waals surface area (Å²) in [4.78, 5) is 16.1. The Labute approximate surface area is 125 Å². The lowest BCUT2D eigenvalue weighted by Crippen LogP contribution is -2.51. The molecule has 1 aromatic carbocycles. The molecule has 0 spiro atoms. The maximum absolute atomic E-state index is 12.9. The molecule has 5 heteroatoms. The Morgan fingerprint density at radius 2 is 1.81 bits per heavy atom. The molecule has 1 saturated heterocycles. The molecule has 0 aromatic heterocycles. The summed E-state index contributed by atoms with van der Waals surface area (Å²) in [6.45, 7) is 8.88. The average Bonchev–Trinajstić information content (AvgIpc) is 2.48. The van der Waals surface area contributed by atoms with Gasteiger partial charge < -0.3 is 10.2 Å². The summed E-state index contributed by atoms with van der Waals surface area (Å²) in [6, 6.07) is 6.65. The number of piperazine rings is 1. The lowest BCUT2D eigenvalue weighted by atomic mass is 10.2. The van der Waals surface area contributed by atoms with E-state index in [2.05, 4.69) is 24.1 Å². The monoisotopic (exact) mass is 293 g/mol. The van der Waals surface area contributed by atoms with Crippen LogP contribution in [0.1, 0.15) is 19.4 Å². The summed E-state index contributed by atoms with van der Waals surface area (Å²) < 4.78 is 12.9. The number of hydrogen-bond acceptors (Lipinski definition) is 2. The van der Waals surface area contributed by atoms with Crippen molar-refractivity contribution in [2.45, 2.75) is 20.4 Å². The number of carbonyl (C=O) groups is 1. The largest absolute Gasteiger partial charge is 0.338 e. The number of rotatable bonds is 4. The van der Waals surface area contributed by atoms with Crippen LogP contribution in [0.15, 0.2) is 24.3 Å². The molecule has 1 aliphatic heterocycles. The lowest BCUT2D eigenvalue weighted by Gasteiger charge is -2.34. The van der Waals surface area contributed by atoms with Gasteiger partial charge in [0, 0.05) is 39.3 Å². The zero-order valence-electron chi connectivity index (χ0n) is 12.8. The summed E-state index contributed by atoms with van der Waals surface area (Å²) in [5.74, 6) is 0.263. The van der Waals surface area contributed by atoms with Gasteiger partial charge in [-0.1, -0.05) is 26.0 Å². The van der Waals surface area contributed by atoms with Crippen LogP contribution >= 0.6 is 0 Å². The van der Waals surface area contributed by atoms with E-state index in [0.29, 0.717) is 12.5 Å². The van der Waals surface area contributed by atoms with Gasteiger partial charge >= 0.3 is 6.03 Å². The molecule has 1 N–H and O–H groups in total. The van der Waals surface area contributed by atoms with E-state index in [1.54, 1.807) is 0 Å². The smallest absolute Gasteiger partial charge is 0.317 e. The maximum Gasteiger partial charge on any atom is 0.317 e. The predicted octanol–water partition coefficient (Wildman–Crippen LogP) is 2.31. The summed E-state index contributed by atoms with van der Waals surface area (Å²) in [7, 11) is 0. The van der Waals surface area contributed by atoms with Crippen LogP contribution < -0.4 is 5.32 Å². The second-order valence-corrected chi connectivity index (χ2v) is 5.97. The van der Waals surface area contributed by atoms with Crippen molar-refractivity contribution in [3.8, 4) is 0 Å². The van der Waals surface area contributed by atoms with Gasteiger partial charge in [-0.15, -0.1) is 0 Å². The molecule has 0 bridgehead atoms. The summed E-state index contributed by atoms with van der Waals surface area (Å²) in [5, 5.41) is 2.95. The Bertz CT molecular complexity index is 453. The standard InChI is InChI=1S/C16H24FN3O/c1-13(2)11-18-16(21)20-9-7-19(8-10-20)12-14-3-5-15(17)6-4-14/h3-6,13H,7-12H2,1-2H3,(H,18,21). The van der Waals surface area contributed by atoms with E-state index in [0.717, 1.165) is 38.3 Å². The number of nitrogens with zero attached hydrogens (tertiary/aromatic N) is 2. The summed E-state index contributed by atoms with van der Waals surface area (Å²) >= 11 is 0. The molecule has 0 radical (unpaired) electrons. The van der Waals surface area contributed by atoms with Crippen molar-refractivity contribution in [3.63, 3.8) is 0 Å². The van der Waals surface area contributed by atoms with Gasteiger partial charge in [0.05, 0.1) is 0 Å². The van der Waals surface area contributed by atoms with Gasteiger partial charge in [-0.05, 0) is 23.6 Å². The van der Waals surface area contributed by atoms with Crippen molar-refractivity contribution in [1.82, 2.24) is 15.1 Å². The Morgan fingerprint density at radius 1 is 1.19 bits per heavy atom. The average molecular weight is 293 g/mol. The van der Waals surface area contributed by atoms with Gasteiger partial charge in [0.1, 0.15) is 5.82 Å². The number of benzene rings is 1. The molecule has 116 valence electrons. The number of amides is 2. The molecule has 2 rings (SSSR count). The summed E-state index contributed by atoms with van der Waals surface area (Å²) in [5.41, 5.74) is 1.11. The van der Waals surface area contributed by atoms with Crippen LogP contribution in [-0.4, -0.2) is 48.6 Å². The number of carbonyl (C=O) groups excluding carboxylic acids is 1. The molecule has 0 saturated carbocycles. The minimum absolute atomic E-state index is 0.0325. The van der Waals surface area contributed by atoms with Crippen molar-refractivity contribution >= 4 is 6.03 Å². The molecule has 1 fully saturated rings. The quantitative estimate of drug-likeness (QED) is 0.924. The van der Waals surface area contributed by atoms with Gasteiger partial charge in [0.15, 0.2) is 0 Å². The van der Waals surface area contributed by atoms with Gasteiger partial charge in [0.25, 0.3) is 0 Å². The van der Waals surface area contributed by atoms with Crippen molar-refractivity contribution < 1.29 is 9.18 Å². The highest BCUT2D eigenvalue weighted by atomic mass is 19.1. The highest BCUT2D eigenvalue weighted by Gasteiger charge is 2.20. The van der Waals surface area contributed by atoms with Crippen molar-refractivity contribution in [2.75, 3.05) is 32.7 Å². The first-order valence-electron chi connectivity index (χ1n) is 7.54. The van der Waals surface area contributed by atoms with Crippen LogP contribution in [0.4, 0.5) is 9.18 Å². The van der Waals surface area contributed by atoms with E-state index in [9.17, 15) is 9.18 Å². The molecule has 0 atom stereocenters. The molecule has 0 unspecified atom stereocenters. The molecular formula is C16H24FN3O. The van der Waals surface area contributed by atoms with Crippen LogP contribution in [0.5, 0.6) is 0 Å². The van der Waals surface area contributed by atoms with E-state index < -0.39 is 0 Å². The predicted molar refractivity (Wildman–Crippen MR) is 81.5 cm³/mol. The van der Waals surface area contributed by atoms with Crippen LogP contribution in [0.3, 0.4) is 0 Å². The zero-order chi connectivity index (χ0) is 15.2. The molecule has 0 aliphatic carbocycles. The van der Waals surface area contributed by atoms with Crippen LogP contribution in [0.2, 0.25) is 0 Å². The van der Waals surface area contributed by atoms with Crippen molar-refractivity contribution in [1.29, 1.82) is 0 Å². The van der Waals surface area contributed by atoms with Gasteiger partial charge in [-0.25, -0.2) is 9.18 Å². The lowest BCUT2D eigenvalue weighted by molar-refractivity contribution is 0.135. The highest BCUT2D eigenvalue weighted by molar-refractivity contribution is 5.74. The third-order valence-electron chi connectivity index (χ3n) is 3.64. The van der Waals surface area contributed by atoms with Gasteiger partial charge in [-0.2, -0.15) is 0 Å². The molecular weight excluding hydrogens is 269 g/mol. The van der Waals surface area contributed by atoms with E-state index in [-0.39, 0.29) is 11.8 Å². The molecule has 1 heterocycles. The number of nitrogens with one attached hydrogen (secondary N) is 1. The molecule has 2 amide bonds. The van der Waals surface area contributed by atoms with Gasteiger partial charge in [-0.3, -0.25) is 4.90 Å². The Hall–Kier alpha value is -1.62. The molecule has 4 nitrogen and oxygen atoms in total. The van der Waals surface area contributed by atoms with E-state index >= 15 is 0 Å². The van der Waals surface area contributed by atoms with E-state index in [1.165, 1.54) is 12.1 Å². The first kappa shape index (κ1) is 15.8. The fourth-order valence-corrected chi connectivity index (χ4v) is 2.36. The molecule has 21 heavy (non-hydrogen) atoms. The zero-order valence-corrected chi connectivity index (χ0v) is 12.8. The van der Waals surface area contributed by atoms with Gasteiger partial charge in [0.2, 0.25) is 0 Å². The number of halogens is 1. The Kier molecular flexibility index (Phi) is 5.56. The normalized spacial score (nSPS) is 16.3. The first-order chi connectivity index (χ1) is 10.0. The fourth-order valence-electron chi connectivity index (χ4n) is 2.36. The Balaban J connectivity index is 1.75. The van der Waals surface area contributed by atoms with Crippen LogP contribution in [0.25, 0.3) is 0 Å². The minimum Gasteiger partial charge on any atom is -0.338 e. The SMILES string of the molecule is CC(C)CNC(=O)N1CCN(Cc2ccc(F)cc2)CC1. The number of urea groups is 1. The van der Waals surface area contributed by atoms with Crippen LogP contribution in [0, 0.1) is 11.7 Å². The highest BCUT2D eigenvalue weighted by Crippen LogP contribution is 2.09. The third kappa shape index (κ3) is 5.01. The second kappa shape index (κ2) is 7.41. The van der Waals surface area contributed by atoms with E-state index in [4.69, 9.17) is 0 Å². The second-order valence-electron chi connectivity index (χ2n) is 5.97. The third-order valence-corrected chi connectivity index (χ3v) is 3.64. The summed E-state index contributed by atoms with van der Waals surface area (Å²) in [6.07, 6.45) is 0. The number of hydrogen-bond donors (Lipinski definition) is 1. The van der Waals surface area contributed by atoms with Crippen molar-refractivity contribution in [3.05, 3.63) is 35.6 Å². The van der Waals surface area contributed by atoms with E-state index in [1.807, 2.05) is 17.0 Å². The van der Waals surface area contributed by atoms with Crippen molar-refractivity contribution in [2.24, 2.45) is 5.92 Å². The molecule has 1 aliphatic rings. The topological polar surface area (TPSA) is 35.6 Å².